The predicted molar refractivity (Wildman–Crippen MR) is 92.9 cm³/mol. The van der Waals surface area contributed by atoms with Gasteiger partial charge in [-0.25, -0.2) is 9.37 Å². The molecule has 0 aliphatic heterocycles. The monoisotopic (exact) mass is 362 g/mol. The molecule has 0 saturated carbocycles. The molecule has 0 aliphatic rings. The lowest BCUT2D eigenvalue weighted by Gasteiger charge is -2.18. The van der Waals surface area contributed by atoms with E-state index in [0.29, 0.717) is 17.1 Å². The maximum Gasteiger partial charge on any atom is 0.239 e. The van der Waals surface area contributed by atoms with Crippen molar-refractivity contribution in [2.75, 3.05) is 0 Å². The molecular weight excluding hydrogens is 342 g/mol. The van der Waals surface area contributed by atoms with Gasteiger partial charge in [0.1, 0.15) is 11.6 Å². The van der Waals surface area contributed by atoms with Crippen LogP contribution in [-0.2, 0) is 11.3 Å². The quantitative estimate of drug-likeness (QED) is 0.877. The third-order valence-electron chi connectivity index (χ3n) is 3.14. The van der Waals surface area contributed by atoms with E-state index < -0.39 is 5.54 Å². The van der Waals surface area contributed by atoms with E-state index in [-0.39, 0.29) is 43.1 Å². The molecule has 2 rings (SSSR count). The molecular formula is C15H21Cl2FN4O. The SMILES string of the molecule is Cc1nccn1-c1ccc(CNC(=O)C(C)(C)N)cc1F.Cl.Cl. The van der Waals surface area contributed by atoms with E-state index >= 15 is 0 Å². The van der Waals surface area contributed by atoms with Crippen molar-refractivity contribution in [3.63, 3.8) is 0 Å². The number of imidazole rings is 1. The number of carbonyl (C=O) groups excluding carboxylic acids is 1. The van der Waals surface area contributed by atoms with Gasteiger partial charge in [-0.2, -0.15) is 0 Å². The molecule has 0 aliphatic carbocycles. The number of amides is 1. The fourth-order valence-corrected chi connectivity index (χ4v) is 1.90. The van der Waals surface area contributed by atoms with Crippen LogP contribution in [0, 0.1) is 12.7 Å². The van der Waals surface area contributed by atoms with E-state index in [1.165, 1.54) is 6.07 Å². The van der Waals surface area contributed by atoms with E-state index in [0.717, 1.165) is 0 Å². The first-order valence-corrected chi connectivity index (χ1v) is 6.65. The lowest BCUT2D eigenvalue weighted by atomic mass is 10.1. The first-order valence-electron chi connectivity index (χ1n) is 6.65. The van der Waals surface area contributed by atoms with Crippen LogP contribution < -0.4 is 11.1 Å². The van der Waals surface area contributed by atoms with Crippen molar-refractivity contribution >= 4 is 30.7 Å². The summed E-state index contributed by atoms with van der Waals surface area (Å²) in [6.07, 6.45) is 3.32. The molecule has 1 aromatic heterocycles. The predicted octanol–water partition coefficient (Wildman–Crippen LogP) is 2.52. The number of nitrogens with two attached hydrogens (primary N) is 1. The molecule has 1 heterocycles. The van der Waals surface area contributed by atoms with Gasteiger partial charge < -0.3 is 15.6 Å². The zero-order valence-electron chi connectivity index (χ0n) is 13.2. The second kappa shape index (κ2) is 8.29. The largest absolute Gasteiger partial charge is 0.350 e. The van der Waals surface area contributed by atoms with Crippen LogP contribution in [0.3, 0.4) is 0 Å². The van der Waals surface area contributed by atoms with E-state index in [4.69, 9.17) is 5.73 Å². The average Bonchev–Trinajstić information content (AvgIpc) is 2.81. The molecule has 23 heavy (non-hydrogen) atoms. The van der Waals surface area contributed by atoms with Crippen LogP contribution in [0.4, 0.5) is 4.39 Å². The third-order valence-corrected chi connectivity index (χ3v) is 3.14. The Balaban J connectivity index is 0.00000242. The lowest BCUT2D eigenvalue weighted by molar-refractivity contribution is -0.125. The Kier molecular flexibility index (Phi) is 7.70. The van der Waals surface area contributed by atoms with Gasteiger partial charge >= 0.3 is 0 Å². The Hall–Kier alpha value is -1.63. The van der Waals surface area contributed by atoms with E-state index in [1.807, 2.05) is 0 Å². The number of halogens is 3. The molecule has 0 unspecified atom stereocenters. The highest BCUT2D eigenvalue weighted by Gasteiger charge is 2.21. The number of rotatable bonds is 4. The summed E-state index contributed by atoms with van der Waals surface area (Å²) in [6.45, 7) is 5.28. The second-order valence-electron chi connectivity index (χ2n) is 5.53. The first-order chi connectivity index (χ1) is 9.79. The van der Waals surface area contributed by atoms with Crippen molar-refractivity contribution in [3.05, 3.63) is 47.8 Å². The zero-order chi connectivity index (χ0) is 15.6. The Morgan fingerprint density at radius 3 is 2.52 bits per heavy atom. The normalized spacial score (nSPS) is 10.5. The standard InChI is InChI=1S/C15H19FN4O.2ClH/c1-10-18-6-7-20(10)13-5-4-11(8-12(13)16)9-19-14(21)15(2,3)17;;/h4-8H,9,17H2,1-3H3,(H,19,21);2*1H. The average molecular weight is 363 g/mol. The van der Waals surface area contributed by atoms with Crippen LogP contribution in [-0.4, -0.2) is 21.0 Å². The Bertz CT molecular complexity index is 668. The number of nitrogens with zero attached hydrogens (tertiary/aromatic N) is 2. The molecule has 8 heteroatoms. The maximum atomic E-state index is 14.2. The van der Waals surface area contributed by atoms with Crippen LogP contribution in [0.25, 0.3) is 5.69 Å². The number of aromatic nitrogens is 2. The Labute approximate surface area is 147 Å². The summed E-state index contributed by atoms with van der Waals surface area (Å²) in [4.78, 5) is 15.7. The number of benzene rings is 1. The lowest BCUT2D eigenvalue weighted by Crippen LogP contribution is -2.48. The third kappa shape index (κ3) is 5.20. The van der Waals surface area contributed by atoms with Crippen molar-refractivity contribution in [2.24, 2.45) is 5.73 Å². The highest BCUT2D eigenvalue weighted by Crippen LogP contribution is 2.16. The number of hydrogen-bond donors (Lipinski definition) is 2. The summed E-state index contributed by atoms with van der Waals surface area (Å²) in [5, 5.41) is 2.68. The summed E-state index contributed by atoms with van der Waals surface area (Å²) >= 11 is 0. The van der Waals surface area contributed by atoms with Crippen molar-refractivity contribution < 1.29 is 9.18 Å². The molecule has 5 nitrogen and oxygen atoms in total. The Morgan fingerprint density at radius 1 is 1.39 bits per heavy atom. The molecule has 2 aromatic rings. The van der Waals surface area contributed by atoms with Crippen LogP contribution in [0.2, 0.25) is 0 Å². The molecule has 3 N–H and O–H groups in total. The van der Waals surface area contributed by atoms with Gasteiger partial charge in [0.25, 0.3) is 0 Å². The van der Waals surface area contributed by atoms with Crippen LogP contribution >= 0.6 is 24.8 Å². The van der Waals surface area contributed by atoms with Gasteiger partial charge in [-0.3, -0.25) is 4.79 Å². The minimum Gasteiger partial charge on any atom is -0.350 e. The van der Waals surface area contributed by atoms with E-state index in [1.54, 1.807) is 49.9 Å². The summed E-state index contributed by atoms with van der Waals surface area (Å²) in [6, 6.07) is 4.83. The molecule has 0 radical (unpaired) electrons. The number of hydrogen-bond acceptors (Lipinski definition) is 3. The molecule has 0 atom stereocenters. The number of aryl methyl sites for hydroxylation is 1. The number of carbonyl (C=O) groups is 1. The highest BCUT2D eigenvalue weighted by atomic mass is 35.5. The van der Waals surface area contributed by atoms with Gasteiger partial charge in [-0.1, -0.05) is 6.07 Å². The summed E-state index contributed by atoms with van der Waals surface area (Å²) in [5.74, 6) is 0.0622. The minimum absolute atomic E-state index is 0. The molecule has 0 bridgehead atoms. The first kappa shape index (κ1) is 21.4. The highest BCUT2D eigenvalue weighted by molar-refractivity contribution is 5.86. The van der Waals surface area contributed by atoms with Gasteiger partial charge in [0.2, 0.25) is 5.91 Å². The molecule has 0 spiro atoms. The van der Waals surface area contributed by atoms with Crippen LogP contribution in [0.15, 0.2) is 30.6 Å². The topological polar surface area (TPSA) is 72.9 Å². The summed E-state index contributed by atoms with van der Waals surface area (Å²) < 4.78 is 15.8. The number of nitrogens with one attached hydrogen (secondary N) is 1. The van der Waals surface area contributed by atoms with Crippen molar-refractivity contribution in [3.8, 4) is 5.69 Å². The summed E-state index contributed by atoms with van der Waals surface area (Å²) in [7, 11) is 0. The van der Waals surface area contributed by atoms with E-state index in [2.05, 4.69) is 10.3 Å². The molecule has 1 aromatic carbocycles. The molecule has 0 saturated heterocycles. The zero-order valence-corrected chi connectivity index (χ0v) is 14.8. The molecule has 0 fully saturated rings. The van der Waals surface area contributed by atoms with Crippen molar-refractivity contribution in [1.29, 1.82) is 0 Å². The Morgan fingerprint density at radius 2 is 2.04 bits per heavy atom. The van der Waals surface area contributed by atoms with Crippen LogP contribution in [0.5, 0.6) is 0 Å². The van der Waals surface area contributed by atoms with Gasteiger partial charge in [-0.15, -0.1) is 24.8 Å². The van der Waals surface area contributed by atoms with Gasteiger partial charge in [0.05, 0.1) is 11.2 Å². The molecule has 128 valence electrons. The molecule has 1 amide bonds. The van der Waals surface area contributed by atoms with Gasteiger partial charge in [0.15, 0.2) is 0 Å². The van der Waals surface area contributed by atoms with Crippen molar-refractivity contribution in [2.45, 2.75) is 32.9 Å². The second-order valence-corrected chi connectivity index (χ2v) is 5.53. The minimum atomic E-state index is -0.952. The smallest absolute Gasteiger partial charge is 0.239 e. The maximum absolute atomic E-state index is 14.2. The summed E-state index contributed by atoms with van der Waals surface area (Å²) in [5.41, 5.74) is 5.83. The fraction of sp³-hybridized carbons (Fsp3) is 0.333. The fourth-order valence-electron chi connectivity index (χ4n) is 1.90. The van der Waals surface area contributed by atoms with Gasteiger partial charge in [0, 0.05) is 18.9 Å². The van der Waals surface area contributed by atoms with E-state index in [9.17, 15) is 9.18 Å². The van der Waals surface area contributed by atoms with Crippen molar-refractivity contribution in [1.82, 2.24) is 14.9 Å². The van der Waals surface area contributed by atoms with Crippen LogP contribution in [0.1, 0.15) is 25.2 Å². The van der Waals surface area contributed by atoms with Gasteiger partial charge in [-0.05, 0) is 38.5 Å².